The van der Waals surface area contributed by atoms with Crippen LogP contribution in [0.3, 0.4) is 0 Å². The summed E-state index contributed by atoms with van der Waals surface area (Å²) in [5.74, 6) is 0.575. The lowest BCUT2D eigenvalue weighted by molar-refractivity contribution is -0.116. The highest BCUT2D eigenvalue weighted by Crippen LogP contribution is 2.29. The third-order valence-electron chi connectivity index (χ3n) is 2.94. The molecule has 0 aliphatic heterocycles. The number of carbonyl (C=O) groups is 2. The first-order valence-electron chi connectivity index (χ1n) is 5.56. The number of hydrogen-bond donors (Lipinski definition) is 0. The van der Waals surface area contributed by atoms with Gasteiger partial charge in [-0.3, -0.25) is 9.59 Å². The van der Waals surface area contributed by atoms with E-state index < -0.39 is 0 Å². The second kappa shape index (κ2) is 5.13. The van der Waals surface area contributed by atoms with Gasteiger partial charge in [0.05, 0.1) is 13.5 Å². The van der Waals surface area contributed by atoms with Crippen LogP contribution in [0.15, 0.2) is 6.07 Å². The van der Waals surface area contributed by atoms with Gasteiger partial charge in [-0.1, -0.05) is 0 Å². The van der Waals surface area contributed by atoms with E-state index in [1.54, 1.807) is 13.2 Å². The maximum Gasteiger partial charge on any atom is 0.170 e. The van der Waals surface area contributed by atoms with Gasteiger partial charge in [0.1, 0.15) is 11.5 Å². The van der Waals surface area contributed by atoms with E-state index in [1.807, 2.05) is 20.8 Å². The molecule has 0 saturated heterocycles. The molecule has 1 aromatic rings. The van der Waals surface area contributed by atoms with E-state index in [-0.39, 0.29) is 18.0 Å². The average Bonchev–Trinajstić information content (AvgIpc) is 2.23. The lowest BCUT2D eigenvalue weighted by Gasteiger charge is -2.14. The highest BCUT2D eigenvalue weighted by atomic mass is 16.5. The summed E-state index contributed by atoms with van der Waals surface area (Å²) in [5, 5.41) is 0. The molecule has 92 valence electrons. The predicted octanol–water partition coefficient (Wildman–Crippen LogP) is 2.78. The lowest BCUT2D eigenvalue weighted by Crippen LogP contribution is -2.09. The van der Waals surface area contributed by atoms with Crippen molar-refractivity contribution < 1.29 is 14.3 Å². The van der Waals surface area contributed by atoms with E-state index in [0.29, 0.717) is 5.56 Å². The number of rotatable bonds is 4. The van der Waals surface area contributed by atoms with Crippen LogP contribution in [0.2, 0.25) is 0 Å². The van der Waals surface area contributed by atoms with E-state index in [4.69, 9.17) is 4.74 Å². The van der Waals surface area contributed by atoms with E-state index in [0.717, 1.165) is 22.4 Å². The number of Topliss-reactive ketones (excluding diaryl/α,β-unsaturated/α-hetero) is 2. The first kappa shape index (κ1) is 13.4. The SMILES string of the molecule is COc1c(C)cc(C(=O)CC(C)=O)c(C)c1C. The topological polar surface area (TPSA) is 43.4 Å². The fraction of sp³-hybridized carbons (Fsp3) is 0.429. The normalized spacial score (nSPS) is 10.2. The summed E-state index contributed by atoms with van der Waals surface area (Å²) < 4.78 is 5.29. The molecule has 3 nitrogen and oxygen atoms in total. The molecule has 1 aromatic carbocycles. The molecule has 0 aliphatic rings. The zero-order chi connectivity index (χ0) is 13.2. The second-order valence-corrected chi connectivity index (χ2v) is 4.33. The number of benzene rings is 1. The Morgan fingerprint density at radius 1 is 1.18 bits per heavy atom. The molecule has 3 heteroatoms. The molecule has 0 heterocycles. The van der Waals surface area contributed by atoms with Crippen LogP contribution >= 0.6 is 0 Å². The van der Waals surface area contributed by atoms with Gasteiger partial charge in [0.25, 0.3) is 0 Å². The minimum atomic E-state index is -0.121. The third-order valence-corrected chi connectivity index (χ3v) is 2.94. The third kappa shape index (κ3) is 2.73. The number of hydrogen-bond acceptors (Lipinski definition) is 3. The van der Waals surface area contributed by atoms with Crippen LogP contribution in [-0.4, -0.2) is 18.7 Å². The van der Waals surface area contributed by atoms with Crippen molar-refractivity contribution in [1.29, 1.82) is 0 Å². The largest absolute Gasteiger partial charge is 0.496 e. The first-order chi connectivity index (χ1) is 7.88. The van der Waals surface area contributed by atoms with Crippen LogP contribution in [0.25, 0.3) is 0 Å². The minimum Gasteiger partial charge on any atom is -0.496 e. The molecule has 0 unspecified atom stereocenters. The summed E-state index contributed by atoms with van der Waals surface area (Å²) in [5.41, 5.74) is 3.39. The standard InChI is InChI=1S/C14H18O3/c1-8-6-12(13(16)7-9(2)15)10(3)11(4)14(8)17-5/h6H,7H2,1-5H3. The molecule has 0 N–H and O–H groups in total. The molecule has 17 heavy (non-hydrogen) atoms. The van der Waals surface area contributed by atoms with Crippen molar-refractivity contribution in [2.24, 2.45) is 0 Å². The van der Waals surface area contributed by atoms with Crippen molar-refractivity contribution >= 4 is 11.6 Å². The van der Waals surface area contributed by atoms with Gasteiger partial charge in [0.2, 0.25) is 0 Å². The molecule has 0 fully saturated rings. The Bertz CT molecular complexity index is 473. The van der Waals surface area contributed by atoms with Gasteiger partial charge in [-0.2, -0.15) is 0 Å². The Morgan fingerprint density at radius 2 is 1.76 bits per heavy atom. The smallest absolute Gasteiger partial charge is 0.170 e. The van der Waals surface area contributed by atoms with E-state index in [9.17, 15) is 9.59 Å². The maximum atomic E-state index is 11.9. The highest BCUT2D eigenvalue weighted by Gasteiger charge is 2.16. The molecule has 1 rings (SSSR count). The van der Waals surface area contributed by atoms with Crippen molar-refractivity contribution in [2.75, 3.05) is 7.11 Å². The van der Waals surface area contributed by atoms with Crippen LogP contribution in [0.5, 0.6) is 5.75 Å². The predicted molar refractivity (Wildman–Crippen MR) is 66.8 cm³/mol. The van der Waals surface area contributed by atoms with Gasteiger partial charge in [0.15, 0.2) is 5.78 Å². The van der Waals surface area contributed by atoms with Crippen molar-refractivity contribution in [1.82, 2.24) is 0 Å². The molecule has 0 radical (unpaired) electrons. The number of aryl methyl sites for hydroxylation is 1. The summed E-state index contributed by atoms with van der Waals surface area (Å²) in [6, 6.07) is 1.80. The molecule has 0 amide bonds. The number of methoxy groups -OCH3 is 1. The number of carbonyl (C=O) groups excluding carboxylic acids is 2. The Balaban J connectivity index is 3.28. The second-order valence-electron chi connectivity index (χ2n) is 4.33. The van der Waals surface area contributed by atoms with Gasteiger partial charge in [-0.15, -0.1) is 0 Å². The Morgan fingerprint density at radius 3 is 2.24 bits per heavy atom. The van der Waals surface area contributed by atoms with Crippen LogP contribution in [0.1, 0.15) is 40.4 Å². The molecule has 0 spiro atoms. The zero-order valence-electron chi connectivity index (χ0n) is 11.0. The van der Waals surface area contributed by atoms with Crippen molar-refractivity contribution in [3.8, 4) is 5.75 Å². The average molecular weight is 234 g/mol. The van der Waals surface area contributed by atoms with Crippen molar-refractivity contribution in [2.45, 2.75) is 34.1 Å². The fourth-order valence-corrected chi connectivity index (χ4v) is 1.98. The van der Waals surface area contributed by atoms with Gasteiger partial charge >= 0.3 is 0 Å². The summed E-state index contributed by atoms with van der Waals surface area (Å²) >= 11 is 0. The highest BCUT2D eigenvalue weighted by molar-refractivity contribution is 6.08. The van der Waals surface area contributed by atoms with Crippen LogP contribution in [-0.2, 0) is 4.79 Å². The summed E-state index contributed by atoms with van der Waals surface area (Å²) in [6.45, 7) is 7.13. The summed E-state index contributed by atoms with van der Waals surface area (Å²) in [4.78, 5) is 22.9. The van der Waals surface area contributed by atoms with Gasteiger partial charge in [-0.25, -0.2) is 0 Å². The fourth-order valence-electron chi connectivity index (χ4n) is 1.98. The minimum absolute atomic E-state index is 0.0357. The van der Waals surface area contributed by atoms with Gasteiger partial charge < -0.3 is 4.74 Å². The quantitative estimate of drug-likeness (QED) is 0.594. The Labute approximate surface area is 102 Å². The zero-order valence-corrected chi connectivity index (χ0v) is 11.0. The monoisotopic (exact) mass is 234 g/mol. The number of ketones is 2. The molecule has 0 atom stereocenters. The van der Waals surface area contributed by atoms with E-state index in [1.165, 1.54) is 6.92 Å². The van der Waals surface area contributed by atoms with Crippen LogP contribution < -0.4 is 4.74 Å². The van der Waals surface area contributed by atoms with Crippen molar-refractivity contribution in [3.63, 3.8) is 0 Å². The molecule has 0 aliphatic carbocycles. The summed E-state index contributed by atoms with van der Waals surface area (Å²) in [7, 11) is 1.62. The molecule has 0 aromatic heterocycles. The molecule has 0 saturated carbocycles. The summed E-state index contributed by atoms with van der Waals surface area (Å²) in [6.07, 6.45) is -0.0357. The van der Waals surface area contributed by atoms with Crippen molar-refractivity contribution in [3.05, 3.63) is 28.3 Å². The molecular weight excluding hydrogens is 216 g/mol. The van der Waals surface area contributed by atoms with Crippen LogP contribution in [0.4, 0.5) is 0 Å². The molecular formula is C14H18O3. The lowest BCUT2D eigenvalue weighted by atomic mass is 9.94. The Hall–Kier alpha value is -1.64. The number of ether oxygens (including phenoxy) is 1. The first-order valence-corrected chi connectivity index (χ1v) is 5.56. The van der Waals surface area contributed by atoms with Gasteiger partial charge in [-0.05, 0) is 50.5 Å². The van der Waals surface area contributed by atoms with E-state index in [2.05, 4.69) is 0 Å². The maximum absolute atomic E-state index is 11.9. The Kier molecular flexibility index (Phi) is 4.05. The van der Waals surface area contributed by atoms with Crippen LogP contribution in [0, 0.1) is 20.8 Å². The van der Waals surface area contributed by atoms with E-state index >= 15 is 0 Å². The molecule has 0 bridgehead atoms. The van der Waals surface area contributed by atoms with Gasteiger partial charge in [0, 0.05) is 5.56 Å².